The van der Waals surface area contributed by atoms with Crippen LogP contribution in [0.2, 0.25) is 0 Å². The molecule has 0 aliphatic heterocycles. The zero-order valence-electron chi connectivity index (χ0n) is 7.93. The molecule has 0 N–H and O–H groups in total. The van der Waals surface area contributed by atoms with Gasteiger partial charge in [-0.1, -0.05) is 13.3 Å². The highest BCUT2D eigenvalue weighted by atomic mass is 14.8. The Labute approximate surface area is 69.9 Å². The Morgan fingerprint density at radius 3 is 2.64 bits per heavy atom. The summed E-state index contributed by atoms with van der Waals surface area (Å²) in [6.07, 6.45) is 5.36. The molecule has 1 aliphatic carbocycles. The van der Waals surface area contributed by atoms with E-state index in [4.69, 9.17) is 0 Å². The van der Waals surface area contributed by atoms with Crippen LogP contribution in [0.25, 0.3) is 0 Å². The van der Waals surface area contributed by atoms with Crippen molar-refractivity contribution in [1.29, 1.82) is 0 Å². The van der Waals surface area contributed by atoms with Gasteiger partial charge in [-0.15, -0.1) is 0 Å². The molecule has 0 amide bonds. The average molecular weight is 153 g/mol. The van der Waals surface area contributed by atoms with Crippen LogP contribution < -0.4 is 0 Å². The van der Waals surface area contributed by atoms with E-state index < -0.39 is 0 Å². The third-order valence-electron chi connectivity index (χ3n) is 2.31. The fraction of sp³-hybridized carbons (Fsp3) is 0.900. The first-order valence-corrected chi connectivity index (χ1v) is 4.76. The van der Waals surface area contributed by atoms with Crippen molar-refractivity contribution in [2.75, 3.05) is 0 Å². The molecule has 0 bridgehead atoms. The van der Waals surface area contributed by atoms with Crippen molar-refractivity contribution in [3.63, 3.8) is 0 Å². The van der Waals surface area contributed by atoms with E-state index in [1.165, 1.54) is 31.4 Å². The van der Waals surface area contributed by atoms with Gasteiger partial charge in [0.05, 0.1) is 0 Å². The smallest absolute Gasteiger partial charge is 0.0442 e. The van der Waals surface area contributed by atoms with Crippen LogP contribution in [0.5, 0.6) is 0 Å². The first-order chi connectivity index (χ1) is 5.20. The second kappa shape index (κ2) is 3.89. The molecule has 0 unspecified atom stereocenters. The van der Waals surface area contributed by atoms with Gasteiger partial charge in [0.15, 0.2) is 0 Å². The minimum atomic E-state index is 0.491. The molecule has 11 heavy (non-hydrogen) atoms. The van der Waals surface area contributed by atoms with E-state index in [1.54, 1.807) is 0 Å². The van der Waals surface area contributed by atoms with Crippen molar-refractivity contribution in [1.82, 2.24) is 0 Å². The van der Waals surface area contributed by atoms with Crippen LogP contribution in [0.3, 0.4) is 0 Å². The molecule has 0 saturated heterocycles. The molecule has 1 nitrogen and oxygen atoms in total. The summed E-state index contributed by atoms with van der Waals surface area (Å²) in [7, 11) is 0. The molecule has 0 radical (unpaired) electrons. The average Bonchev–Trinajstić information content (AvgIpc) is 1.93. The second-order valence-electron chi connectivity index (χ2n) is 3.86. The lowest BCUT2D eigenvalue weighted by Gasteiger charge is -2.21. The van der Waals surface area contributed by atoms with E-state index in [2.05, 4.69) is 25.8 Å². The Balaban J connectivity index is 2.53. The first kappa shape index (κ1) is 8.76. The third kappa shape index (κ3) is 2.64. The largest absolute Gasteiger partial charge is 0.291 e. The van der Waals surface area contributed by atoms with Gasteiger partial charge >= 0.3 is 0 Å². The fourth-order valence-electron chi connectivity index (χ4n) is 1.69. The van der Waals surface area contributed by atoms with E-state index >= 15 is 0 Å². The van der Waals surface area contributed by atoms with Gasteiger partial charge in [-0.2, -0.15) is 0 Å². The van der Waals surface area contributed by atoms with Crippen LogP contribution in [0.1, 0.15) is 46.5 Å². The van der Waals surface area contributed by atoms with Gasteiger partial charge < -0.3 is 0 Å². The summed E-state index contributed by atoms with van der Waals surface area (Å²) in [4.78, 5) is 4.63. The van der Waals surface area contributed by atoms with Crippen molar-refractivity contribution in [3.8, 4) is 0 Å². The Morgan fingerprint density at radius 2 is 2.09 bits per heavy atom. The van der Waals surface area contributed by atoms with Gasteiger partial charge in [0.2, 0.25) is 0 Å². The summed E-state index contributed by atoms with van der Waals surface area (Å²) in [5.41, 5.74) is 1.46. The summed E-state index contributed by atoms with van der Waals surface area (Å²) in [5.74, 6) is 0.756. The first-order valence-electron chi connectivity index (χ1n) is 4.76. The zero-order valence-corrected chi connectivity index (χ0v) is 7.93. The van der Waals surface area contributed by atoms with Crippen molar-refractivity contribution in [3.05, 3.63) is 0 Å². The highest BCUT2D eigenvalue weighted by molar-refractivity contribution is 5.87. The molecule has 1 aliphatic rings. The summed E-state index contributed by atoms with van der Waals surface area (Å²) in [5, 5.41) is 0. The van der Waals surface area contributed by atoms with Crippen LogP contribution in [-0.4, -0.2) is 11.8 Å². The molecule has 0 aromatic heterocycles. The normalized spacial score (nSPS) is 29.8. The molecular weight excluding hydrogens is 134 g/mol. The van der Waals surface area contributed by atoms with Crippen LogP contribution in [0.15, 0.2) is 4.99 Å². The highest BCUT2D eigenvalue weighted by Crippen LogP contribution is 2.21. The van der Waals surface area contributed by atoms with E-state index in [-0.39, 0.29) is 0 Å². The van der Waals surface area contributed by atoms with Crippen molar-refractivity contribution < 1.29 is 0 Å². The number of hydrogen-bond donors (Lipinski definition) is 0. The van der Waals surface area contributed by atoms with E-state index in [0.717, 1.165) is 5.92 Å². The van der Waals surface area contributed by atoms with Gasteiger partial charge in [-0.05, 0) is 39.0 Å². The standard InChI is InChI=1S/C10H19N/c1-8(2)11-10-7-5-4-6-9(10)3/h8-9H,4-7H2,1-3H3/t9-/m0/s1. The maximum atomic E-state index is 4.63. The van der Waals surface area contributed by atoms with E-state index in [0.29, 0.717) is 6.04 Å². The van der Waals surface area contributed by atoms with Crippen LogP contribution in [0.4, 0.5) is 0 Å². The molecule has 0 heterocycles. The Morgan fingerprint density at radius 1 is 1.36 bits per heavy atom. The lowest BCUT2D eigenvalue weighted by Crippen LogP contribution is -2.17. The van der Waals surface area contributed by atoms with Crippen LogP contribution in [0, 0.1) is 5.92 Å². The maximum absolute atomic E-state index is 4.63. The molecule has 1 heteroatoms. The van der Waals surface area contributed by atoms with Crippen molar-refractivity contribution in [2.24, 2.45) is 10.9 Å². The van der Waals surface area contributed by atoms with E-state index in [9.17, 15) is 0 Å². The minimum Gasteiger partial charge on any atom is -0.291 e. The SMILES string of the molecule is CC(C)N=C1CCCC[C@@H]1C. The lowest BCUT2D eigenvalue weighted by atomic mass is 9.88. The Hall–Kier alpha value is -0.330. The topological polar surface area (TPSA) is 12.4 Å². The van der Waals surface area contributed by atoms with Gasteiger partial charge in [-0.3, -0.25) is 4.99 Å². The van der Waals surface area contributed by atoms with E-state index in [1.807, 2.05) is 0 Å². The molecule has 1 fully saturated rings. The third-order valence-corrected chi connectivity index (χ3v) is 2.31. The summed E-state index contributed by atoms with van der Waals surface area (Å²) < 4.78 is 0. The van der Waals surface area contributed by atoms with Crippen molar-refractivity contribution in [2.45, 2.75) is 52.5 Å². The molecular formula is C10H19N. The van der Waals surface area contributed by atoms with Crippen molar-refractivity contribution >= 4 is 5.71 Å². The quantitative estimate of drug-likeness (QED) is 0.549. The molecule has 1 atom stereocenters. The monoisotopic (exact) mass is 153 g/mol. The predicted molar refractivity (Wildman–Crippen MR) is 50.2 cm³/mol. The van der Waals surface area contributed by atoms with Gasteiger partial charge in [-0.25, -0.2) is 0 Å². The zero-order chi connectivity index (χ0) is 8.27. The van der Waals surface area contributed by atoms with Crippen LogP contribution >= 0.6 is 0 Å². The van der Waals surface area contributed by atoms with Gasteiger partial charge in [0.1, 0.15) is 0 Å². The van der Waals surface area contributed by atoms with Gasteiger partial charge in [0, 0.05) is 11.8 Å². The lowest BCUT2D eigenvalue weighted by molar-refractivity contribution is 0.553. The Bertz CT molecular complexity index is 147. The summed E-state index contributed by atoms with van der Waals surface area (Å²) in [6, 6.07) is 0.491. The summed E-state index contributed by atoms with van der Waals surface area (Å²) in [6.45, 7) is 6.63. The number of rotatable bonds is 1. The fourth-order valence-corrected chi connectivity index (χ4v) is 1.69. The highest BCUT2D eigenvalue weighted by Gasteiger charge is 2.15. The molecule has 64 valence electrons. The molecule has 0 spiro atoms. The minimum absolute atomic E-state index is 0.491. The number of aliphatic imine (C=N–C) groups is 1. The van der Waals surface area contributed by atoms with Crippen LogP contribution in [-0.2, 0) is 0 Å². The molecule has 0 aromatic carbocycles. The summed E-state index contributed by atoms with van der Waals surface area (Å²) >= 11 is 0. The molecule has 0 aromatic rings. The second-order valence-corrected chi connectivity index (χ2v) is 3.86. The molecule has 1 rings (SSSR count). The van der Waals surface area contributed by atoms with Gasteiger partial charge in [0.25, 0.3) is 0 Å². The Kier molecular flexibility index (Phi) is 3.10. The number of nitrogens with zero attached hydrogens (tertiary/aromatic N) is 1. The predicted octanol–water partition coefficient (Wildman–Crippen LogP) is 3.05. The molecule has 1 saturated carbocycles. The number of hydrogen-bond acceptors (Lipinski definition) is 1. The maximum Gasteiger partial charge on any atom is 0.0442 e.